The molecule has 5 heteroatoms. The van der Waals surface area contributed by atoms with Crippen LogP contribution in [0.4, 0.5) is 0 Å². The quantitative estimate of drug-likeness (QED) is 0.869. The van der Waals surface area contributed by atoms with Crippen molar-refractivity contribution in [1.29, 1.82) is 0 Å². The minimum atomic E-state index is 0.659. The van der Waals surface area contributed by atoms with Gasteiger partial charge >= 0.3 is 0 Å². The Labute approximate surface area is 120 Å². The molecule has 0 spiro atoms. The van der Waals surface area contributed by atoms with Crippen LogP contribution in [-0.2, 0) is 6.54 Å². The van der Waals surface area contributed by atoms with E-state index in [0.29, 0.717) is 17.5 Å². The number of pyridine rings is 1. The van der Waals surface area contributed by atoms with Crippen LogP contribution in [0.15, 0.2) is 12.3 Å². The summed E-state index contributed by atoms with van der Waals surface area (Å²) in [7, 11) is 1.90. The zero-order chi connectivity index (χ0) is 13.5. The van der Waals surface area contributed by atoms with Crippen LogP contribution >= 0.6 is 11.6 Å². The molecule has 0 aliphatic carbocycles. The van der Waals surface area contributed by atoms with E-state index in [4.69, 9.17) is 16.3 Å². The zero-order valence-corrected chi connectivity index (χ0v) is 12.2. The monoisotopic (exact) mass is 283 g/mol. The Kier molecular flexibility index (Phi) is 5.89. The molecule has 1 fully saturated rings. The molecular weight excluding hydrogens is 262 g/mol. The largest absolute Gasteiger partial charge is 0.476 e. The number of aromatic nitrogens is 1. The smallest absolute Gasteiger partial charge is 0.213 e. The summed E-state index contributed by atoms with van der Waals surface area (Å²) in [6.45, 7) is 4.79. The summed E-state index contributed by atoms with van der Waals surface area (Å²) in [4.78, 5) is 6.66. The van der Waals surface area contributed by atoms with Crippen molar-refractivity contribution in [2.45, 2.75) is 25.8 Å². The molecule has 1 aromatic rings. The molecule has 0 amide bonds. The van der Waals surface area contributed by atoms with Gasteiger partial charge in [0, 0.05) is 25.4 Å². The maximum atomic E-state index is 6.06. The summed E-state index contributed by atoms with van der Waals surface area (Å²) >= 11 is 6.06. The normalized spacial score (nSPS) is 16.5. The highest BCUT2D eigenvalue weighted by Gasteiger charge is 2.10. The topological polar surface area (TPSA) is 37.4 Å². The second-order valence-electron chi connectivity index (χ2n) is 4.90. The highest BCUT2D eigenvalue weighted by Crippen LogP contribution is 2.19. The third-order valence-electron chi connectivity index (χ3n) is 3.38. The van der Waals surface area contributed by atoms with Crippen molar-refractivity contribution < 1.29 is 4.74 Å². The van der Waals surface area contributed by atoms with Crippen LogP contribution in [0, 0.1) is 0 Å². The van der Waals surface area contributed by atoms with Gasteiger partial charge in [-0.2, -0.15) is 0 Å². The lowest BCUT2D eigenvalue weighted by Crippen LogP contribution is -2.33. The van der Waals surface area contributed by atoms with Gasteiger partial charge in [0.15, 0.2) is 0 Å². The summed E-state index contributed by atoms with van der Waals surface area (Å²) < 4.78 is 5.71. The lowest BCUT2D eigenvalue weighted by atomic mass is 10.1. The lowest BCUT2D eigenvalue weighted by molar-refractivity contribution is 0.180. The van der Waals surface area contributed by atoms with E-state index in [-0.39, 0.29) is 0 Å². The summed E-state index contributed by atoms with van der Waals surface area (Å²) in [5.41, 5.74) is 1.02. The summed E-state index contributed by atoms with van der Waals surface area (Å²) in [5, 5.41) is 3.76. The highest BCUT2D eigenvalue weighted by molar-refractivity contribution is 6.31. The first-order valence-corrected chi connectivity index (χ1v) is 7.31. The third-order valence-corrected chi connectivity index (χ3v) is 3.72. The first-order chi connectivity index (χ1) is 9.29. The van der Waals surface area contributed by atoms with Gasteiger partial charge in [0.25, 0.3) is 0 Å². The number of hydrogen-bond donors (Lipinski definition) is 1. The molecular formula is C14H22ClN3O. The maximum Gasteiger partial charge on any atom is 0.213 e. The standard InChI is InChI=1S/C14H22ClN3O/c1-16-10-12-9-14(17-11-13(12)15)19-8-7-18-5-3-2-4-6-18/h9,11,16H,2-8,10H2,1H3. The Morgan fingerprint density at radius 2 is 2.16 bits per heavy atom. The molecule has 1 N–H and O–H groups in total. The number of piperidine rings is 1. The molecule has 1 saturated heterocycles. The Bertz CT molecular complexity index is 394. The van der Waals surface area contributed by atoms with Crippen molar-refractivity contribution in [3.8, 4) is 5.88 Å². The van der Waals surface area contributed by atoms with Gasteiger partial charge in [-0.15, -0.1) is 0 Å². The maximum absolute atomic E-state index is 6.06. The van der Waals surface area contributed by atoms with Gasteiger partial charge in [-0.25, -0.2) is 4.98 Å². The van der Waals surface area contributed by atoms with Crippen LogP contribution in [0.1, 0.15) is 24.8 Å². The molecule has 106 valence electrons. The number of likely N-dealkylation sites (tertiary alicyclic amines) is 1. The molecule has 1 aliphatic rings. The van der Waals surface area contributed by atoms with Crippen molar-refractivity contribution in [2.75, 3.05) is 33.3 Å². The number of halogens is 1. The fourth-order valence-electron chi connectivity index (χ4n) is 2.33. The van der Waals surface area contributed by atoms with Gasteiger partial charge < -0.3 is 10.1 Å². The summed E-state index contributed by atoms with van der Waals surface area (Å²) in [6, 6.07) is 1.91. The van der Waals surface area contributed by atoms with E-state index >= 15 is 0 Å². The van der Waals surface area contributed by atoms with Gasteiger partial charge in [-0.3, -0.25) is 4.90 Å². The minimum absolute atomic E-state index is 0.659. The average molecular weight is 284 g/mol. The molecule has 19 heavy (non-hydrogen) atoms. The second kappa shape index (κ2) is 7.68. The van der Waals surface area contributed by atoms with Crippen molar-refractivity contribution in [2.24, 2.45) is 0 Å². The summed E-state index contributed by atoms with van der Waals surface area (Å²) in [5.74, 6) is 0.659. The zero-order valence-electron chi connectivity index (χ0n) is 11.5. The number of rotatable bonds is 6. The predicted octanol–water partition coefficient (Wildman–Crippen LogP) is 2.32. The predicted molar refractivity (Wildman–Crippen MR) is 77.8 cm³/mol. The van der Waals surface area contributed by atoms with Crippen molar-refractivity contribution in [1.82, 2.24) is 15.2 Å². The highest BCUT2D eigenvalue weighted by atomic mass is 35.5. The van der Waals surface area contributed by atoms with E-state index in [0.717, 1.165) is 18.7 Å². The van der Waals surface area contributed by atoms with Gasteiger partial charge in [-0.05, 0) is 38.5 Å². The molecule has 0 unspecified atom stereocenters. The van der Waals surface area contributed by atoms with Gasteiger partial charge in [0.05, 0.1) is 5.02 Å². The Balaban J connectivity index is 1.80. The van der Waals surface area contributed by atoms with Crippen LogP contribution in [-0.4, -0.2) is 43.2 Å². The van der Waals surface area contributed by atoms with Crippen LogP contribution in [0.3, 0.4) is 0 Å². The molecule has 0 bridgehead atoms. The third kappa shape index (κ3) is 4.64. The van der Waals surface area contributed by atoms with Gasteiger partial charge in [0.1, 0.15) is 6.61 Å². The molecule has 0 aromatic carbocycles. The van der Waals surface area contributed by atoms with Crippen LogP contribution in [0.25, 0.3) is 0 Å². The molecule has 1 aromatic heterocycles. The first kappa shape index (κ1) is 14.6. The lowest BCUT2D eigenvalue weighted by Gasteiger charge is -2.26. The average Bonchev–Trinajstić information content (AvgIpc) is 2.44. The van der Waals surface area contributed by atoms with E-state index in [1.54, 1.807) is 6.20 Å². The van der Waals surface area contributed by atoms with E-state index in [9.17, 15) is 0 Å². The first-order valence-electron chi connectivity index (χ1n) is 6.94. The fraction of sp³-hybridized carbons (Fsp3) is 0.643. The second-order valence-corrected chi connectivity index (χ2v) is 5.30. The number of ether oxygens (including phenoxy) is 1. The van der Waals surface area contributed by atoms with Crippen molar-refractivity contribution in [3.05, 3.63) is 22.8 Å². The number of nitrogens with one attached hydrogen (secondary N) is 1. The van der Waals surface area contributed by atoms with Crippen molar-refractivity contribution in [3.63, 3.8) is 0 Å². The molecule has 0 radical (unpaired) electrons. The number of nitrogens with zero attached hydrogens (tertiary/aromatic N) is 2. The van der Waals surface area contributed by atoms with E-state index < -0.39 is 0 Å². The van der Waals surface area contributed by atoms with E-state index in [1.165, 1.54) is 32.4 Å². The van der Waals surface area contributed by atoms with Crippen molar-refractivity contribution >= 4 is 11.6 Å². The minimum Gasteiger partial charge on any atom is -0.476 e. The fourth-order valence-corrected chi connectivity index (χ4v) is 2.50. The molecule has 2 heterocycles. The Morgan fingerprint density at radius 1 is 1.37 bits per heavy atom. The molecule has 2 rings (SSSR count). The van der Waals surface area contributed by atoms with Gasteiger partial charge in [-0.1, -0.05) is 18.0 Å². The van der Waals surface area contributed by atoms with Crippen LogP contribution in [0.2, 0.25) is 5.02 Å². The van der Waals surface area contributed by atoms with Crippen LogP contribution < -0.4 is 10.1 Å². The van der Waals surface area contributed by atoms with E-state index in [1.807, 2.05) is 13.1 Å². The Morgan fingerprint density at radius 3 is 2.89 bits per heavy atom. The summed E-state index contributed by atoms with van der Waals surface area (Å²) in [6.07, 6.45) is 5.64. The molecule has 0 saturated carbocycles. The molecule has 0 atom stereocenters. The van der Waals surface area contributed by atoms with E-state index in [2.05, 4.69) is 15.2 Å². The SMILES string of the molecule is CNCc1cc(OCCN2CCCCC2)ncc1Cl. The number of hydrogen-bond acceptors (Lipinski definition) is 4. The van der Waals surface area contributed by atoms with Gasteiger partial charge in [0.2, 0.25) is 5.88 Å². The molecule has 1 aliphatic heterocycles. The molecule has 4 nitrogen and oxygen atoms in total. The Hall–Kier alpha value is -0.840. The van der Waals surface area contributed by atoms with Crippen LogP contribution in [0.5, 0.6) is 5.88 Å².